The number of anilines is 1. The van der Waals surface area contributed by atoms with Crippen molar-refractivity contribution in [1.29, 1.82) is 0 Å². The second-order valence-corrected chi connectivity index (χ2v) is 6.74. The minimum absolute atomic E-state index is 0.0335. The van der Waals surface area contributed by atoms with E-state index in [1.807, 2.05) is 0 Å². The van der Waals surface area contributed by atoms with Gasteiger partial charge in [0.05, 0.1) is 18.9 Å². The molecular formula is C13H17FN2O4S. The predicted octanol–water partition coefficient (Wildman–Crippen LogP) is 0.720. The number of benzene rings is 1. The van der Waals surface area contributed by atoms with Crippen molar-refractivity contribution in [2.24, 2.45) is 5.92 Å². The maximum atomic E-state index is 12.9. The summed E-state index contributed by atoms with van der Waals surface area (Å²) in [4.78, 5) is 11.6. The quantitative estimate of drug-likeness (QED) is 0.810. The molecule has 1 fully saturated rings. The second-order valence-electron chi connectivity index (χ2n) is 4.89. The van der Waals surface area contributed by atoms with Gasteiger partial charge in [-0.1, -0.05) is 6.07 Å². The van der Waals surface area contributed by atoms with Crippen LogP contribution >= 0.6 is 0 Å². The number of amides is 1. The van der Waals surface area contributed by atoms with Crippen LogP contribution in [0.2, 0.25) is 0 Å². The summed E-state index contributed by atoms with van der Waals surface area (Å²) in [7, 11) is -3.53. The van der Waals surface area contributed by atoms with Gasteiger partial charge in [-0.05, 0) is 30.5 Å². The first-order valence-electron chi connectivity index (χ1n) is 6.55. The lowest BCUT2D eigenvalue weighted by Crippen LogP contribution is -2.36. The van der Waals surface area contributed by atoms with Gasteiger partial charge in [0.15, 0.2) is 0 Å². The summed E-state index contributed by atoms with van der Waals surface area (Å²) >= 11 is 0. The molecule has 1 unspecified atom stereocenters. The van der Waals surface area contributed by atoms with Crippen LogP contribution < -0.4 is 10.0 Å². The summed E-state index contributed by atoms with van der Waals surface area (Å²) in [6.07, 6.45) is 0.705. The first-order valence-corrected chi connectivity index (χ1v) is 8.20. The van der Waals surface area contributed by atoms with Crippen molar-refractivity contribution in [3.05, 3.63) is 30.1 Å². The number of carbonyl (C=O) groups excluding carboxylic acids is 1. The van der Waals surface area contributed by atoms with Gasteiger partial charge >= 0.3 is 0 Å². The third kappa shape index (κ3) is 5.41. The maximum Gasteiger partial charge on any atom is 0.239 e. The number of carbonyl (C=O) groups is 1. The average molecular weight is 316 g/mol. The Morgan fingerprint density at radius 1 is 1.43 bits per heavy atom. The Kier molecular flexibility index (Phi) is 5.27. The molecule has 1 atom stereocenters. The Bertz CT molecular complexity index is 600. The molecule has 1 aromatic carbocycles. The zero-order valence-electron chi connectivity index (χ0n) is 11.3. The predicted molar refractivity (Wildman–Crippen MR) is 75.7 cm³/mol. The molecule has 0 spiro atoms. The van der Waals surface area contributed by atoms with E-state index in [9.17, 15) is 17.6 Å². The topological polar surface area (TPSA) is 84.5 Å². The molecule has 0 saturated carbocycles. The number of sulfonamides is 1. The van der Waals surface area contributed by atoms with Gasteiger partial charge in [0.1, 0.15) is 5.82 Å². The molecule has 116 valence electrons. The zero-order chi connectivity index (χ0) is 15.3. The first kappa shape index (κ1) is 15.9. The van der Waals surface area contributed by atoms with Crippen LogP contribution in [0.15, 0.2) is 24.3 Å². The lowest BCUT2D eigenvalue weighted by molar-refractivity contribution is -0.115. The Labute approximate surface area is 122 Å². The van der Waals surface area contributed by atoms with Crippen molar-refractivity contribution >= 4 is 21.6 Å². The van der Waals surface area contributed by atoms with E-state index >= 15 is 0 Å². The molecule has 8 heteroatoms. The van der Waals surface area contributed by atoms with Gasteiger partial charge in [-0.25, -0.2) is 17.5 Å². The van der Waals surface area contributed by atoms with Crippen LogP contribution in [-0.2, 0) is 19.6 Å². The Morgan fingerprint density at radius 3 is 2.90 bits per heavy atom. The average Bonchev–Trinajstić information content (AvgIpc) is 2.89. The van der Waals surface area contributed by atoms with Crippen molar-refractivity contribution in [3.8, 4) is 0 Å². The summed E-state index contributed by atoms with van der Waals surface area (Å²) in [5, 5.41) is 2.42. The largest absolute Gasteiger partial charge is 0.381 e. The third-order valence-corrected chi connectivity index (χ3v) is 4.53. The molecule has 2 rings (SSSR count). The van der Waals surface area contributed by atoms with E-state index in [2.05, 4.69) is 10.0 Å². The minimum atomic E-state index is -3.53. The number of hydrogen-bond donors (Lipinski definition) is 2. The highest BCUT2D eigenvalue weighted by Gasteiger charge is 2.23. The minimum Gasteiger partial charge on any atom is -0.381 e. The Hall–Kier alpha value is -1.51. The zero-order valence-corrected chi connectivity index (χ0v) is 12.2. The highest BCUT2D eigenvalue weighted by atomic mass is 32.2. The van der Waals surface area contributed by atoms with Crippen molar-refractivity contribution in [3.63, 3.8) is 0 Å². The van der Waals surface area contributed by atoms with E-state index < -0.39 is 21.7 Å². The molecule has 1 saturated heterocycles. The number of nitrogens with one attached hydrogen (secondary N) is 2. The van der Waals surface area contributed by atoms with Gasteiger partial charge in [0, 0.05) is 12.3 Å². The van der Waals surface area contributed by atoms with Crippen LogP contribution in [0.1, 0.15) is 6.42 Å². The van der Waals surface area contributed by atoms with Crippen molar-refractivity contribution in [2.75, 3.05) is 30.8 Å². The summed E-state index contributed by atoms with van der Waals surface area (Å²) in [6, 6.07) is 5.38. The normalized spacial score (nSPS) is 18.6. The van der Waals surface area contributed by atoms with E-state index in [-0.39, 0.29) is 23.9 Å². The van der Waals surface area contributed by atoms with Crippen LogP contribution in [0.25, 0.3) is 0 Å². The van der Waals surface area contributed by atoms with E-state index in [1.165, 1.54) is 18.2 Å². The molecule has 6 nitrogen and oxygen atoms in total. The molecule has 0 aliphatic carbocycles. The van der Waals surface area contributed by atoms with Crippen LogP contribution in [-0.4, -0.2) is 39.8 Å². The van der Waals surface area contributed by atoms with Crippen LogP contribution in [0, 0.1) is 11.7 Å². The molecule has 0 bridgehead atoms. The molecule has 1 aromatic rings. The van der Waals surface area contributed by atoms with E-state index in [0.29, 0.717) is 19.6 Å². The molecule has 1 heterocycles. The fourth-order valence-electron chi connectivity index (χ4n) is 2.03. The number of halogens is 1. The summed E-state index contributed by atoms with van der Waals surface area (Å²) in [5.74, 6) is -1.12. The monoisotopic (exact) mass is 316 g/mol. The van der Waals surface area contributed by atoms with Crippen molar-refractivity contribution in [1.82, 2.24) is 4.72 Å². The third-order valence-electron chi connectivity index (χ3n) is 3.04. The van der Waals surface area contributed by atoms with Gasteiger partial charge in [0.25, 0.3) is 0 Å². The van der Waals surface area contributed by atoms with Crippen LogP contribution in [0.5, 0.6) is 0 Å². The first-order chi connectivity index (χ1) is 9.94. The van der Waals surface area contributed by atoms with E-state index in [4.69, 9.17) is 4.74 Å². The molecule has 2 N–H and O–H groups in total. The summed E-state index contributed by atoms with van der Waals surface area (Å²) in [6.45, 7) is 0.614. The Balaban J connectivity index is 1.80. The van der Waals surface area contributed by atoms with Crippen LogP contribution in [0.3, 0.4) is 0 Å². The standard InChI is InChI=1S/C13H17FN2O4S/c14-11-2-1-3-12(6-11)16-13(17)7-15-21(18,19)9-10-4-5-20-8-10/h1-3,6,10,15H,4-5,7-9H2,(H,16,17). The fraction of sp³-hybridized carbons (Fsp3) is 0.462. The molecule has 21 heavy (non-hydrogen) atoms. The molecule has 1 aliphatic rings. The van der Waals surface area contributed by atoms with E-state index in [1.54, 1.807) is 0 Å². The van der Waals surface area contributed by atoms with Crippen molar-refractivity contribution < 1.29 is 22.3 Å². The summed E-state index contributed by atoms with van der Waals surface area (Å²) < 4.78 is 43.9. The Morgan fingerprint density at radius 2 is 2.24 bits per heavy atom. The molecule has 1 aliphatic heterocycles. The molecule has 0 radical (unpaired) electrons. The second kappa shape index (κ2) is 6.97. The summed E-state index contributed by atoms with van der Waals surface area (Å²) in [5.41, 5.74) is 0.281. The van der Waals surface area contributed by atoms with Gasteiger partial charge in [-0.3, -0.25) is 4.79 Å². The molecule has 1 amide bonds. The van der Waals surface area contributed by atoms with Gasteiger partial charge in [-0.15, -0.1) is 0 Å². The highest BCUT2D eigenvalue weighted by Crippen LogP contribution is 2.14. The van der Waals surface area contributed by atoms with Gasteiger partial charge < -0.3 is 10.1 Å². The molecule has 0 aromatic heterocycles. The fourth-order valence-corrected chi connectivity index (χ4v) is 3.38. The van der Waals surface area contributed by atoms with Crippen LogP contribution in [0.4, 0.5) is 10.1 Å². The molecular weight excluding hydrogens is 299 g/mol. The van der Waals surface area contributed by atoms with Gasteiger partial charge in [0.2, 0.25) is 15.9 Å². The van der Waals surface area contributed by atoms with Crippen molar-refractivity contribution in [2.45, 2.75) is 6.42 Å². The lowest BCUT2D eigenvalue weighted by Gasteiger charge is -2.10. The number of ether oxygens (including phenoxy) is 1. The lowest BCUT2D eigenvalue weighted by atomic mass is 10.2. The number of hydrogen-bond acceptors (Lipinski definition) is 4. The smallest absolute Gasteiger partial charge is 0.239 e. The van der Waals surface area contributed by atoms with Gasteiger partial charge in [-0.2, -0.15) is 0 Å². The highest BCUT2D eigenvalue weighted by molar-refractivity contribution is 7.89. The maximum absolute atomic E-state index is 12.9. The number of rotatable bonds is 6. The SMILES string of the molecule is O=C(CNS(=O)(=O)CC1CCOC1)Nc1cccc(F)c1. The van der Waals surface area contributed by atoms with E-state index in [0.717, 1.165) is 6.07 Å².